The molecule has 0 aromatic carbocycles. The molecule has 14 heavy (non-hydrogen) atoms. The lowest BCUT2D eigenvalue weighted by Crippen LogP contribution is -2.28. The molecule has 0 atom stereocenters. The van der Waals surface area contributed by atoms with E-state index < -0.39 is 0 Å². The highest BCUT2D eigenvalue weighted by Crippen LogP contribution is 2.27. The zero-order chi connectivity index (χ0) is 9.80. The van der Waals surface area contributed by atoms with E-state index in [1.807, 2.05) is 0 Å². The maximum Gasteiger partial charge on any atom is 0.347 e. The molecule has 0 bridgehead atoms. The molecule has 0 aliphatic heterocycles. The molecule has 4 nitrogen and oxygen atoms in total. The Balaban J connectivity index is 1.73. The first-order valence-electron chi connectivity index (χ1n) is 5.08. The summed E-state index contributed by atoms with van der Waals surface area (Å²) in [5.74, 6) is 0.889. The molecule has 0 amide bonds. The molecule has 0 radical (unpaired) electrons. The molecule has 1 saturated carbocycles. The maximum absolute atomic E-state index is 11.2. The standard InChI is InChI=1S/C10H15N3O/c14-10-12-4-1-6-13(10)7-5-11-8-9-2-3-9/h1,4,6,9,11H,2-3,5,7-8H2. The van der Waals surface area contributed by atoms with Gasteiger partial charge in [0.05, 0.1) is 0 Å². The van der Waals surface area contributed by atoms with Crippen LogP contribution in [0.4, 0.5) is 0 Å². The summed E-state index contributed by atoms with van der Waals surface area (Å²) in [4.78, 5) is 14.9. The zero-order valence-corrected chi connectivity index (χ0v) is 8.15. The molecule has 2 rings (SSSR count). The van der Waals surface area contributed by atoms with Gasteiger partial charge in [0, 0.05) is 25.5 Å². The van der Waals surface area contributed by atoms with Crippen LogP contribution in [0, 0.1) is 5.92 Å². The van der Waals surface area contributed by atoms with Crippen molar-refractivity contribution in [2.45, 2.75) is 19.4 Å². The van der Waals surface area contributed by atoms with E-state index in [9.17, 15) is 4.79 Å². The fourth-order valence-corrected chi connectivity index (χ4v) is 1.38. The Kier molecular flexibility index (Phi) is 2.93. The summed E-state index contributed by atoms with van der Waals surface area (Å²) in [6, 6.07) is 1.78. The molecule has 1 aliphatic rings. The normalized spacial score (nSPS) is 15.7. The Bertz CT molecular complexity index is 343. The SMILES string of the molecule is O=c1ncccn1CCNCC1CC1. The van der Waals surface area contributed by atoms with Gasteiger partial charge >= 0.3 is 5.69 Å². The van der Waals surface area contributed by atoms with Crippen molar-refractivity contribution < 1.29 is 0 Å². The fourth-order valence-electron chi connectivity index (χ4n) is 1.38. The topological polar surface area (TPSA) is 46.9 Å². The minimum Gasteiger partial charge on any atom is -0.315 e. The van der Waals surface area contributed by atoms with Crippen molar-refractivity contribution in [1.82, 2.24) is 14.9 Å². The number of nitrogens with one attached hydrogen (secondary N) is 1. The van der Waals surface area contributed by atoms with Gasteiger partial charge in [0.15, 0.2) is 0 Å². The molecule has 0 spiro atoms. The van der Waals surface area contributed by atoms with Crippen LogP contribution in [0.3, 0.4) is 0 Å². The molecule has 1 heterocycles. The predicted molar refractivity (Wildman–Crippen MR) is 54.1 cm³/mol. The lowest BCUT2D eigenvalue weighted by atomic mass is 10.4. The van der Waals surface area contributed by atoms with Crippen LogP contribution in [0.1, 0.15) is 12.8 Å². The van der Waals surface area contributed by atoms with Crippen LogP contribution in [-0.4, -0.2) is 22.6 Å². The number of hydrogen-bond acceptors (Lipinski definition) is 3. The van der Waals surface area contributed by atoms with Gasteiger partial charge in [-0.05, 0) is 31.4 Å². The smallest absolute Gasteiger partial charge is 0.315 e. The van der Waals surface area contributed by atoms with E-state index in [2.05, 4.69) is 10.3 Å². The summed E-state index contributed by atoms with van der Waals surface area (Å²) >= 11 is 0. The third-order valence-electron chi connectivity index (χ3n) is 2.44. The number of rotatable bonds is 5. The monoisotopic (exact) mass is 193 g/mol. The van der Waals surface area contributed by atoms with E-state index in [-0.39, 0.29) is 5.69 Å². The summed E-state index contributed by atoms with van der Waals surface area (Å²) in [5.41, 5.74) is -0.166. The highest BCUT2D eigenvalue weighted by atomic mass is 16.1. The van der Waals surface area contributed by atoms with Crippen molar-refractivity contribution in [3.05, 3.63) is 28.9 Å². The summed E-state index contributed by atoms with van der Waals surface area (Å²) < 4.78 is 1.62. The number of nitrogens with zero attached hydrogens (tertiary/aromatic N) is 2. The van der Waals surface area contributed by atoms with E-state index in [0.717, 1.165) is 19.0 Å². The number of aromatic nitrogens is 2. The molecule has 1 aromatic rings. The predicted octanol–water partition coefficient (Wildman–Crippen LogP) is 0.243. The first-order chi connectivity index (χ1) is 6.86. The summed E-state index contributed by atoms with van der Waals surface area (Å²) in [6.07, 6.45) is 6.02. The van der Waals surface area contributed by atoms with Crippen molar-refractivity contribution in [3.8, 4) is 0 Å². The van der Waals surface area contributed by atoms with Gasteiger partial charge < -0.3 is 5.32 Å². The molecule has 1 fully saturated rings. The molecule has 0 saturated heterocycles. The molecule has 1 aliphatic carbocycles. The van der Waals surface area contributed by atoms with E-state index >= 15 is 0 Å². The number of hydrogen-bond donors (Lipinski definition) is 1. The Morgan fingerprint density at radius 2 is 2.43 bits per heavy atom. The van der Waals surface area contributed by atoms with E-state index in [1.165, 1.54) is 19.0 Å². The summed E-state index contributed by atoms with van der Waals surface area (Å²) in [5, 5.41) is 3.34. The van der Waals surface area contributed by atoms with Gasteiger partial charge in [0.25, 0.3) is 0 Å². The molecule has 76 valence electrons. The van der Waals surface area contributed by atoms with E-state index in [0.29, 0.717) is 6.54 Å². The second kappa shape index (κ2) is 4.37. The average molecular weight is 193 g/mol. The second-order valence-electron chi connectivity index (χ2n) is 3.74. The van der Waals surface area contributed by atoms with Crippen molar-refractivity contribution in [3.63, 3.8) is 0 Å². The molecule has 1 aromatic heterocycles. The Hall–Kier alpha value is -1.16. The molecular formula is C10H15N3O. The van der Waals surface area contributed by atoms with E-state index in [4.69, 9.17) is 0 Å². The van der Waals surface area contributed by atoms with Crippen LogP contribution in [0.15, 0.2) is 23.3 Å². The molecular weight excluding hydrogens is 178 g/mol. The highest BCUT2D eigenvalue weighted by Gasteiger charge is 2.19. The molecule has 1 N–H and O–H groups in total. The van der Waals surface area contributed by atoms with Crippen molar-refractivity contribution in [2.75, 3.05) is 13.1 Å². The Labute approximate surface area is 83.0 Å². The fraction of sp³-hybridized carbons (Fsp3) is 0.600. The summed E-state index contributed by atoms with van der Waals surface area (Å²) in [6.45, 7) is 2.65. The van der Waals surface area contributed by atoms with Crippen LogP contribution in [0.5, 0.6) is 0 Å². The van der Waals surface area contributed by atoms with Gasteiger partial charge in [-0.1, -0.05) is 0 Å². The molecule has 0 unspecified atom stereocenters. The van der Waals surface area contributed by atoms with Gasteiger partial charge in [-0.3, -0.25) is 4.57 Å². The van der Waals surface area contributed by atoms with Crippen LogP contribution < -0.4 is 11.0 Å². The van der Waals surface area contributed by atoms with Gasteiger partial charge in [-0.25, -0.2) is 9.78 Å². The van der Waals surface area contributed by atoms with E-state index in [1.54, 1.807) is 16.8 Å². The van der Waals surface area contributed by atoms with Gasteiger partial charge in [0.2, 0.25) is 0 Å². The van der Waals surface area contributed by atoms with Crippen LogP contribution in [-0.2, 0) is 6.54 Å². The van der Waals surface area contributed by atoms with Crippen molar-refractivity contribution in [1.29, 1.82) is 0 Å². The zero-order valence-electron chi connectivity index (χ0n) is 8.15. The maximum atomic E-state index is 11.2. The molecule has 4 heteroatoms. The third-order valence-corrected chi connectivity index (χ3v) is 2.44. The lowest BCUT2D eigenvalue weighted by Gasteiger charge is -2.05. The third kappa shape index (κ3) is 2.67. The average Bonchev–Trinajstić information content (AvgIpc) is 2.99. The minimum absolute atomic E-state index is 0.166. The Morgan fingerprint density at radius 1 is 1.57 bits per heavy atom. The van der Waals surface area contributed by atoms with Gasteiger partial charge in [-0.2, -0.15) is 0 Å². The summed E-state index contributed by atoms with van der Waals surface area (Å²) in [7, 11) is 0. The minimum atomic E-state index is -0.166. The van der Waals surface area contributed by atoms with Gasteiger partial charge in [-0.15, -0.1) is 0 Å². The second-order valence-corrected chi connectivity index (χ2v) is 3.74. The first kappa shape index (κ1) is 9.40. The van der Waals surface area contributed by atoms with Crippen LogP contribution in [0.25, 0.3) is 0 Å². The highest BCUT2D eigenvalue weighted by molar-refractivity contribution is 4.81. The van der Waals surface area contributed by atoms with Crippen molar-refractivity contribution in [2.24, 2.45) is 5.92 Å². The van der Waals surface area contributed by atoms with Crippen molar-refractivity contribution >= 4 is 0 Å². The lowest BCUT2D eigenvalue weighted by molar-refractivity contribution is 0.559. The van der Waals surface area contributed by atoms with Gasteiger partial charge in [0.1, 0.15) is 0 Å². The first-order valence-corrected chi connectivity index (χ1v) is 5.08. The quantitative estimate of drug-likeness (QED) is 0.681. The van der Waals surface area contributed by atoms with Crippen LogP contribution >= 0.6 is 0 Å². The Morgan fingerprint density at radius 3 is 3.14 bits per heavy atom. The largest absolute Gasteiger partial charge is 0.347 e. The van der Waals surface area contributed by atoms with Crippen LogP contribution in [0.2, 0.25) is 0 Å².